The molecule has 2 N–H and O–H groups in total. The van der Waals surface area contributed by atoms with Gasteiger partial charge in [-0.25, -0.2) is 5.43 Å². The third-order valence-electron chi connectivity index (χ3n) is 4.66. The molecule has 0 radical (unpaired) electrons. The molecule has 1 aromatic heterocycles. The van der Waals surface area contributed by atoms with E-state index in [0.29, 0.717) is 16.8 Å². The zero-order chi connectivity index (χ0) is 19.7. The molecule has 2 heterocycles. The van der Waals surface area contributed by atoms with Crippen LogP contribution in [0.15, 0.2) is 59.8 Å². The van der Waals surface area contributed by atoms with E-state index < -0.39 is 0 Å². The maximum atomic E-state index is 12.4. The predicted octanol–water partition coefficient (Wildman–Crippen LogP) is 2.50. The summed E-state index contributed by atoms with van der Waals surface area (Å²) < 4.78 is 0. The summed E-state index contributed by atoms with van der Waals surface area (Å²) in [4.78, 5) is 41.2. The lowest BCUT2D eigenvalue weighted by Gasteiger charge is -2.13. The van der Waals surface area contributed by atoms with Crippen molar-refractivity contribution >= 4 is 34.3 Å². The van der Waals surface area contributed by atoms with Crippen LogP contribution in [-0.4, -0.2) is 39.9 Å². The van der Waals surface area contributed by atoms with Crippen LogP contribution in [0.5, 0.6) is 0 Å². The lowest BCUT2D eigenvalue weighted by Crippen LogP contribution is -2.35. The first-order chi connectivity index (χ1) is 13.5. The second kappa shape index (κ2) is 7.11. The monoisotopic (exact) mass is 374 g/mol. The summed E-state index contributed by atoms with van der Waals surface area (Å²) in [6.45, 7) is 1.69. The number of amides is 3. The number of hydrogen-bond donors (Lipinski definition) is 2. The van der Waals surface area contributed by atoms with E-state index in [4.69, 9.17) is 0 Å². The number of nitrogens with one attached hydrogen (secondary N) is 2. The van der Waals surface area contributed by atoms with Crippen LogP contribution in [0.1, 0.15) is 33.2 Å². The maximum absolute atomic E-state index is 12.4. The van der Waals surface area contributed by atoms with Crippen LogP contribution in [-0.2, 0) is 11.2 Å². The van der Waals surface area contributed by atoms with Crippen molar-refractivity contribution in [3.63, 3.8) is 0 Å². The van der Waals surface area contributed by atoms with Crippen molar-refractivity contribution in [1.29, 1.82) is 0 Å². The van der Waals surface area contributed by atoms with Gasteiger partial charge in [-0.3, -0.25) is 19.3 Å². The largest absolute Gasteiger partial charge is 0.361 e. The lowest BCUT2D eigenvalue weighted by atomic mass is 10.1. The molecule has 0 atom stereocenters. The summed E-state index contributed by atoms with van der Waals surface area (Å²) in [5.41, 5.74) is 5.58. The Morgan fingerprint density at radius 2 is 1.68 bits per heavy atom. The van der Waals surface area contributed by atoms with E-state index in [0.717, 1.165) is 21.4 Å². The highest BCUT2D eigenvalue weighted by Gasteiger charge is 2.35. The molecule has 3 amide bonds. The van der Waals surface area contributed by atoms with Crippen molar-refractivity contribution in [3.8, 4) is 0 Å². The van der Waals surface area contributed by atoms with Gasteiger partial charge < -0.3 is 4.98 Å². The first-order valence-electron chi connectivity index (χ1n) is 8.87. The molecule has 28 heavy (non-hydrogen) atoms. The predicted molar refractivity (Wildman–Crippen MR) is 105 cm³/mol. The quantitative estimate of drug-likeness (QED) is 0.408. The van der Waals surface area contributed by atoms with Gasteiger partial charge in [0.15, 0.2) is 0 Å². The molecule has 1 aliphatic rings. The highest BCUT2D eigenvalue weighted by molar-refractivity contribution is 6.22. The Balaban J connectivity index is 1.39. The molecule has 0 unspecified atom stereocenters. The summed E-state index contributed by atoms with van der Waals surface area (Å²) in [5.74, 6) is -0.966. The van der Waals surface area contributed by atoms with Gasteiger partial charge in [0.2, 0.25) is 5.91 Å². The Kier molecular flexibility index (Phi) is 4.49. The second-order valence-corrected chi connectivity index (χ2v) is 6.66. The molecule has 0 spiro atoms. The van der Waals surface area contributed by atoms with Crippen LogP contribution in [0.25, 0.3) is 10.9 Å². The third-order valence-corrected chi connectivity index (χ3v) is 4.66. The van der Waals surface area contributed by atoms with Gasteiger partial charge in [-0.1, -0.05) is 30.3 Å². The van der Waals surface area contributed by atoms with E-state index in [1.54, 1.807) is 37.4 Å². The maximum Gasteiger partial charge on any atom is 0.261 e. The van der Waals surface area contributed by atoms with E-state index in [2.05, 4.69) is 15.5 Å². The SMILES string of the molecule is C/C(CN1C(=O)c2ccccc2C1=O)=N\NC(=O)Cc1c[nH]c2ccccc12. The number of rotatable bonds is 5. The van der Waals surface area contributed by atoms with Gasteiger partial charge in [0.05, 0.1) is 29.8 Å². The van der Waals surface area contributed by atoms with Gasteiger partial charge in [0.25, 0.3) is 11.8 Å². The van der Waals surface area contributed by atoms with Crippen molar-refractivity contribution in [2.24, 2.45) is 5.10 Å². The number of para-hydroxylation sites is 1. The zero-order valence-corrected chi connectivity index (χ0v) is 15.2. The topological polar surface area (TPSA) is 94.6 Å². The van der Waals surface area contributed by atoms with Gasteiger partial charge in [-0.05, 0) is 30.7 Å². The molecule has 1 aliphatic heterocycles. The number of hydrazone groups is 1. The Hall–Kier alpha value is -3.74. The van der Waals surface area contributed by atoms with E-state index in [1.807, 2.05) is 24.3 Å². The highest BCUT2D eigenvalue weighted by Crippen LogP contribution is 2.22. The van der Waals surface area contributed by atoms with E-state index in [-0.39, 0.29) is 30.7 Å². The summed E-state index contributed by atoms with van der Waals surface area (Å²) in [5, 5.41) is 5.03. The number of carbonyl (C=O) groups excluding carboxylic acids is 3. The number of carbonyl (C=O) groups is 3. The fraction of sp³-hybridized carbons (Fsp3) is 0.143. The van der Waals surface area contributed by atoms with E-state index >= 15 is 0 Å². The van der Waals surface area contributed by atoms with Crippen molar-refractivity contribution in [3.05, 3.63) is 71.4 Å². The van der Waals surface area contributed by atoms with Crippen LogP contribution in [0.2, 0.25) is 0 Å². The Labute approximate surface area is 161 Å². The lowest BCUT2D eigenvalue weighted by molar-refractivity contribution is -0.120. The molecule has 0 saturated heterocycles. The number of fused-ring (bicyclic) bond motifs is 2. The fourth-order valence-electron chi connectivity index (χ4n) is 3.30. The molecule has 3 aromatic rings. The molecule has 2 aromatic carbocycles. The van der Waals surface area contributed by atoms with Gasteiger partial charge in [0, 0.05) is 17.1 Å². The van der Waals surface area contributed by atoms with Crippen LogP contribution < -0.4 is 5.43 Å². The minimum absolute atomic E-state index is 0.0275. The second-order valence-electron chi connectivity index (χ2n) is 6.66. The number of aromatic nitrogens is 1. The molecular formula is C21H18N4O3. The van der Waals surface area contributed by atoms with Crippen molar-refractivity contribution < 1.29 is 14.4 Å². The summed E-state index contributed by atoms with van der Waals surface area (Å²) in [6.07, 6.45) is 1.98. The summed E-state index contributed by atoms with van der Waals surface area (Å²) in [6, 6.07) is 14.4. The van der Waals surface area contributed by atoms with Gasteiger partial charge in [-0.15, -0.1) is 0 Å². The van der Waals surface area contributed by atoms with Crippen molar-refractivity contribution in [2.45, 2.75) is 13.3 Å². The van der Waals surface area contributed by atoms with Crippen molar-refractivity contribution in [2.75, 3.05) is 6.54 Å². The number of imide groups is 1. The Morgan fingerprint density at radius 1 is 1.04 bits per heavy atom. The highest BCUT2D eigenvalue weighted by atomic mass is 16.2. The number of aromatic amines is 1. The van der Waals surface area contributed by atoms with Gasteiger partial charge >= 0.3 is 0 Å². The minimum Gasteiger partial charge on any atom is -0.361 e. The zero-order valence-electron chi connectivity index (χ0n) is 15.2. The molecule has 0 fully saturated rings. The Morgan fingerprint density at radius 3 is 2.39 bits per heavy atom. The van der Waals surface area contributed by atoms with Gasteiger partial charge in [-0.2, -0.15) is 5.10 Å². The van der Waals surface area contributed by atoms with Crippen LogP contribution >= 0.6 is 0 Å². The number of H-pyrrole nitrogens is 1. The average molecular weight is 374 g/mol. The summed E-state index contributed by atoms with van der Waals surface area (Å²) in [7, 11) is 0. The van der Waals surface area contributed by atoms with E-state index in [9.17, 15) is 14.4 Å². The molecule has 140 valence electrons. The molecule has 0 saturated carbocycles. The third kappa shape index (κ3) is 3.18. The molecule has 4 rings (SSSR count). The first-order valence-corrected chi connectivity index (χ1v) is 8.87. The number of nitrogens with zero attached hydrogens (tertiary/aromatic N) is 2. The van der Waals surface area contributed by atoms with Crippen molar-refractivity contribution in [1.82, 2.24) is 15.3 Å². The first kappa shape index (κ1) is 17.7. The standard InChI is InChI=1S/C21H18N4O3/c1-13(12-25-20(27)16-7-2-3-8-17(16)21(25)28)23-24-19(26)10-14-11-22-18-9-5-4-6-15(14)18/h2-9,11,22H,10,12H2,1H3,(H,24,26)/b23-13+. The normalized spacial score (nSPS) is 13.9. The van der Waals surface area contributed by atoms with Gasteiger partial charge in [0.1, 0.15) is 0 Å². The number of hydrogen-bond acceptors (Lipinski definition) is 4. The molecule has 0 aliphatic carbocycles. The molecule has 0 bridgehead atoms. The Bertz CT molecular complexity index is 1090. The minimum atomic E-state index is -0.347. The van der Waals surface area contributed by atoms with Crippen LogP contribution in [0.4, 0.5) is 0 Å². The fourth-order valence-corrected chi connectivity index (χ4v) is 3.30. The molecular weight excluding hydrogens is 356 g/mol. The molecule has 7 nitrogen and oxygen atoms in total. The summed E-state index contributed by atoms with van der Waals surface area (Å²) >= 11 is 0. The van der Waals surface area contributed by atoms with E-state index in [1.165, 1.54) is 0 Å². The van der Waals surface area contributed by atoms with Crippen LogP contribution in [0, 0.1) is 0 Å². The van der Waals surface area contributed by atoms with Crippen LogP contribution in [0.3, 0.4) is 0 Å². The smallest absolute Gasteiger partial charge is 0.261 e. The average Bonchev–Trinajstić information content (AvgIpc) is 3.22. The number of benzene rings is 2. The molecule has 7 heteroatoms.